The Morgan fingerprint density at radius 1 is 1.14 bits per heavy atom. The topological polar surface area (TPSA) is 127 Å². The standard InChI is InChI=1S/C24H28ClIN4O6/c1-15(2)35-10-4-9-27-23(32)24(33)30-28-13-16-11-19(26)22(20(12-16)34-3)36-14-21(31)29-18-7-5-17(25)6-8-18/h5-8,11-13,15H,4,9-10,14H2,1-3H3,(H,27,32)(H,29,31)(H,30,33)/b28-13-. The first-order valence-electron chi connectivity index (χ1n) is 11.0. The van der Waals surface area contributed by atoms with Gasteiger partial charge in [-0.25, -0.2) is 5.43 Å². The average molecular weight is 631 g/mol. The van der Waals surface area contributed by atoms with E-state index in [1.54, 1.807) is 36.4 Å². The molecule has 3 amide bonds. The third kappa shape index (κ3) is 10.4. The third-order valence-electron chi connectivity index (χ3n) is 4.37. The fourth-order valence-corrected chi connectivity index (χ4v) is 3.62. The van der Waals surface area contributed by atoms with Gasteiger partial charge in [0.25, 0.3) is 5.91 Å². The summed E-state index contributed by atoms with van der Waals surface area (Å²) in [6.07, 6.45) is 2.07. The number of nitrogens with one attached hydrogen (secondary N) is 3. The van der Waals surface area contributed by atoms with Crippen LogP contribution < -0.4 is 25.5 Å². The molecule has 0 unspecified atom stereocenters. The number of ether oxygens (including phenoxy) is 3. The number of hydrazone groups is 1. The van der Waals surface area contributed by atoms with Gasteiger partial charge in [-0.15, -0.1) is 0 Å². The lowest BCUT2D eigenvalue weighted by molar-refractivity contribution is -0.139. The molecule has 0 saturated carbocycles. The van der Waals surface area contributed by atoms with Gasteiger partial charge in [-0.05, 0) is 84.8 Å². The second-order valence-corrected chi connectivity index (χ2v) is 9.20. The van der Waals surface area contributed by atoms with Crippen LogP contribution in [0, 0.1) is 3.57 Å². The van der Waals surface area contributed by atoms with Gasteiger partial charge in [-0.1, -0.05) is 11.6 Å². The molecule has 3 N–H and O–H groups in total. The van der Waals surface area contributed by atoms with Crippen molar-refractivity contribution in [3.63, 3.8) is 0 Å². The predicted molar refractivity (Wildman–Crippen MR) is 146 cm³/mol. The number of amides is 3. The number of nitrogens with zero attached hydrogens (tertiary/aromatic N) is 1. The van der Waals surface area contributed by atoms with Crippen LogP contribution in [-0.2, 0) is 19.1 Å². The zero-order valence-electron chi connectivity index (χ0n) is 20.1. The van der Waals surface area contributed by atoms with E-state index in [2.05, 4.69) is 21.2 Å². The highest BCUT2D eigenvalue weighted by molar-refractivity contribution is 14.1. The molecule has 0 aromatic heterocycles. The van der Waals surface area contributed by atoms with E-state index >= 15 is 0 Å². The summed E-state index contributed by atoms with van der Waals surface area (Å²) in [4.78, 5) is 35.9. The fraction of sp³-hybridized carbons (Fsp3) is 0.333. The number of carbonyl (C=O) groups excluding carboxylic acids is 3. The molecule has 2 aromatic rings. The molecule has 0 atom stereocenters. The highest BCUT2D eigenvalue weighted by atomic mass is 127. The summed E-state index contributed by atoms with van der Waals surface area (Å²) in [5.74, 6) is -1.27. The second-order valence-electron chi connectivity index (χ2n) is 7.61. The SMILES string of the molecule is COc1cc(/C=N\NC(=O)C(=O)NCCCOC(C)C)cc(I)c1OCC(=O)Nc1ccc(Cl)cc1. The lowest BCUT2D eigenvalue weighted by atomic mass is 10.2. The van der Waals surface area contributed by atoms with Crippen LogP contribution in [0.4, 0.5) is 5.69 Å². The van der Waals surface area contributed by atoms with E-state index in [0.29, 0.717) is 50.9 Å². The van der Waals surface area contributed by atoms with Crippen molar-refractivity contribution in [2.75, 3.05) is 32.2 Å². The molecule has 0 aliphatic carbocycles. The summed E-state index contributed by atoms with van der Waals surface area (Å²) >= 11 is 7.88. The van der Waals surface area contributed by atoms with Gasteiger partial charge in [0.15, 0.2) is 18.1 Å². The van der Waals surface area contributed by atoms with Crippen LogP contribution in [0.1, 0.15) is 25.8 Å². The molecule has 0 saturated heterocycles. The Morgan fingerprint density at radius 2 is 1.86 bits per heavy atom. The molecular weight excluding hydrogens is 603 g/mol. The minimum Gasteiger partial charge on any atom is -0.493 e. The van der Waals surface area contributed by atoms with Gasteiger partial charge in [0.1, 0.15) is 0 Å². The maximum absolute atomic E-state index is 12.2. The first-order valence-corrected chi connectivity index (χ1v) is 12.4. The van der Waals surface area contributed by atoms with Crippen molar-refractivity contribution < 1.29 is 28.6 Å². The number of rotatable bonds is 12. The summed E-state index contributed by atoms with van der Waals surface area (Å²) in [5, 5.41) is 9.60. The fourth-order valence-electron chi connectivity index (χ4n) is 2.71. The van der Waals surface area contributed by atoms with Gasteiger partial charge < -0.3 is 24.8 Å². The van der Waals surface area contributed by atoms with Crippen LogP contribution in [0.25, 0.3) is 0 Å². The van der Waals surface area contributed by atoms with Crippen LogP contribution >= 0.6 is 34.2 Å². The third-order valence-corrected chi connectivity index (χ3v) is 5.42. The lowest BCUT2D eigenvalue weighted by Gasteiger charge is -2.13. The number of methoxy groups -OCH3 is 1. The van der Waals surface area contributed by atoms with E-state index in [1.807, 2.05) is 36.4 Å². The number of hydrogen-bond acceptors (Lipinski definition) is 7. The van der Waals surface area contributed by atoms with Gasteiger partial charge in [0, 0.05) is 23.9 Å². The minimum atomic E-state index is -0.885. The Morgan fingerprint density at radius 3 is 2.53 bits per heavy atom. The quantitative estimate of drug-likeness (QED) is 0.109. The van der Waals surface area contributed by atoms with E-state index in [9.17, 15) is 14.4 Å². The summed E-state index contributed by atoms with van der Waals surface area (Å²) in [6, 6.07) is 10.1. The highest BCUT2D eigenvalue weighted by Gasteiger charge is 2.14. The average Bonchev–Trinajstić information content (AvgIpc) is 2.83. The molecule has 0 bridgehead atoms. The van der Waals surface area contributed by atoms with Gasteiger partial charge in [0.05, 0.1) is 23.0 Å². The first kappa shape index (κ1) is 29.3. The van der Waals surface area contributed by atoms with Crippen molar-refractivity contribution in [3.05, 3.63) is 50.6 Å². The zero-order valence-corrected chi connectivity index (χ0v) is 23.0. The van der Waals surface area contributed by atoms with Crippen molar-refractivity contribution >= 4 is 63.8 Å². The summed E-state index contributed by atoms with van der Waals surface area (Å²) < 4.78 is 17.1. The normalized spacial score (nSPS) is 10.8. The van der Waals surface area contributed by atoms with E-state index in [0.717, 1.165) is 0 Å². The maximum Gasteiger partial charge on any atom is 0.329 e. The van der Waals surface area contributed by atoms with Crippen LogP contribution in [0.15, 0.2) is 41.5 Å². The van der Waals surface area contributed by atoms with E-state index in [1.165, 1.54) is 13.3 Å². The molecular formula is C24H28ClIN4O6. The molecule has 2 rings (SSSR count). The molecule has 36 heavy (non-hydrogen) atoms. The predicted octanol–water partition coefficient (Wildman–Crippen LogP) is 3.35. The molecule has 194 valence electrons. The van der Waals surface area contributed by atoms with Gasteiger partial charge in [0.2, 0.25) is 0 Å². The first-order chi connectivity index (χ1) is 17.2. The number of halogens is 2. The van der Waals surface area contributed by atoms with Gasteiger partial charge in [-0.3, -0.25) is 14.4 Å². The largest absolute Gasteiger partial charge is 0.493 e. The molecule has 0 aliphatic heterocycles. The van der Waals surface area contributed by atoms with E-state index in [-0.39, 0.29) is 18.6 Å². The molecule has 2 aromatic carbocycles. The molecule has 0 fully saturated rings. The van der Waals surface area contributed by atoms with Gasteiger partial charge in [-0.2, -0.15) is 5.10 Å². The number of benzene rings is 2. The van der Waals surface area contributed by atoms with E-state index in [4.69, 9.17) is 25.8 Å². The number of carbonyl (C=O) groups is 3. The van der Waals surface area contributed by atoms with E-state index < -0.39 is 11.8 Å². The Hall–Kier alpha value is -2.90. The summed E-state index contributed by atoms with van der Waals surface area (Å²) in [5.41, 5.74) is 3.36. The number of hydrogen-bond donors (Lipinski definition) is 3. The summed E-state index contributed by atoms with van der Waals surface area (Å²) in [7, 11) is 1.46. The van der Waals surface area contributed by atoms with Gasteiger partial charge >= 0.3 is 11.8 Å². The summed E-state index contributed by atoms with van der Waals surface area (Å²) in [6.45, 7) is 4.41. The Balaban J connectivity index is 1.87. The molecule has 0 radical (unpaired) electrons. The molecule has 0 heterocycles. The second kappa shape index (κ2) is 15.3. The molecule has 10 nitrogen and oxygen atoms in total. The minimum absolute atomic E-state index is 0.111. The van der Waals surface area contributed by atoms with Crippen molar-refractivity contribution in [2.45, 2.75) is 26.4 Å². The van der Waals surface area contributed by atoms with Crippen molar-refractivity contribution in [1.29, 1.82) is 0 Å². The number of anilines is 1. The van der Waals surface area contributed by atoms with Crippen molar-refractivity contribution in [3.8, 4) is 11.5 Å². The Bertz CT molecular complexity index is 1080. The van der Waals surface area contributed by atoms with Crippen LogP contribution in [0.2, 0.25) is 5.02 Å². The van der Waals surface area contributed by atoms with Crippen LogP contribution in [0.5, 0.6) is 11.5 Å². The Labute approximate surface area is 228 Å². The zero-order chi connectivity index (χ0) is 26.5. The molecule has 12 heteroatoms. The van der Waals surface area contributed by atoms with Crippen LogP contribution in [-0.4, -0.2) is 56.9 Å². The van der Waals surface area contributed by atoms with Crippen molar-refractivity contribution in [1.82, 2.24) is 10.7 Å². The van der Waals surface area contributed by atoms with Crippen LogP contribution in [0.3, 0.4) is 0 Å². The smallest absolute Gasteiger partial charge is 0.329 e. The monoisotopic (exact) mass is 630 g/mol. The van der Waals surface area contributed by atoms with Crippen molar-refractivity contribution in [2.24, 2.45) is 5.10 Å². The Kier molecular flexibility index (Phi) is 12.4. The lowest BCUT2D eigenvalue weighted by Crippen LogP contribution is -2.38. The maximum atomic E-state index is 12.2. The molecule has 0 aliphatic rings. The molecule has 0 spiro atoms. The highest BCUT2D eigenvalue weighted by Crippen LogP contribution is 2.33.